The molecule has 1 fully saturated rings. The first-order chi connectivity index (χ1) is 13.6. The van der Waals surface area contributed by atoms with Crippen molar-refractivity contribution < 1.29 is 4.52 Å². The molecule has 0 radical (unpaired) electrons. The maximum atomic E-state index is 5.39. The molecule has 7 nitrogen and oxygen atoms in total. The number of guanidine groups is 1. The Morgan fingerprint density at radius 2 is 2.10 bits per heavy atom. The van der Waals surface area contributed by atoms with Gasteiger partial charge in [0.1, 0.15) is 6.54 Å². The summed E-state index contributed by atoms with van der Waals surface area (Å²) in [6, 6.07) is 8.53. The molecule has 0 spiro atoms. The molecule has 1 aliphatic heterocycles. The molecular formula is C21H33IN6O. The summed E-state index contributed by atoms with van der Waals surface area (Å²) in [7, 11) is 0. The number of aliphatic imine (C=N–C) groups is 1. The summed E-state index contributed by atoms with van der Waals surface area (Å²) in [6.45, 7) is 10.7. The van der Waals surface area contributed by atoms with E-state index in [0.717, 1.165) is 62.1 Å². The molecule has 3 rings (SSSR count). The van der Waals surface area contributed by atoms with E-state index in [2.05, 4.69) is 63.6 Å². The van der Waals surface area contributed by atoms with Gasteiger partial charge in [-0.05, 0) is 37.8 Å². The number of rotatable bonds is 7. The second-order valence-electron chi connectivity index (χ2n) is 7.58. The Morgan fingerprint density at radius 3 is 2.72 bits per heavy atom. The fourth-order valence-electron chi connectivity index (χ4n) is 3.30. The largest absolute Gasteiger partial charge is 0.359 e. The minimum atomic E-state index is 0. The molecule has 1 saturated heterocycles. The van der Waals surface area contributed by atoms with Crippen molar-refractivity contribution in [3.63, 3.8) is 0 Å². The lowest BCUT2D eigenvalue weighted by molar-refractivity contribution is 0.196. The minimum absolute atomic E-state index is 0. The van der Waals surface area contributed by atoms with Crippen LogP contribution in [-0.4, -0.2) is 46.7 Å². The van der Waals surface area contributed by atoms with Crippen molar-refractivity contribution in [3.8, 4) is 0 Å². The number of nitrogens with one attached hydrogen (secondary N) is 2. The highest BCUT2D eigenvalue weighted by atomic mass is 127. The lowest BCUT2D eigenvalue weighted by Gasteiger charge is -2.32. The third-order valence-electron chi connectivity index (χ3n) is 4.95. The molecule has 160 valence electrons. The van der Waals surface area contributed by atoms with E-state index in [4.69, 9.17) is 4.52 Å². The van der Waals surface area contributed by atoms with Gasteiger partial charge in [0.15, 0.2) is 11.7 Å². The molecule has 0 bridgehead atoms. The number of hydrogen-bond acceptors (Lipinski definition) is 5. The van der Waals surface area contributed by atoms with Crippen LogP contribution in [0.4, 0.5) is 0 Å². The van der Waals surface area contributed by atoms with E-state index in [9.17, 15) is 0 Å². The van der Waals surface area contributed by atoms with Gasteiger partial charge in [0.25, 0.3) is 0 Å². The molecule has 3 heterocycles. The molecular weight excluding hydrogens is 479 g/mol. The topological polar surface area (TPSA) is 78.6 Å². The summed E-state index contributed by atoms with van der Waals surface area (Å²) in [5.74, 6) is 2.00. The molecule has 2 aromatic heterocycles. The predicted molar refractivity (Wildman–Crippen MR) is 126 cm³/mol. The van der Waals surface area contributed by atoms with Gasteiger partial charge in [-0.15, -0.1) is 24.0 Å². The average Bonchev–Trinajstić information content (AvgIpc) is 3.18. The fourth-order valence-corrected chi connectivity index (χ4v) is 3.30. The molecule has 0 amide bonds. The van der Waals surface area contributed by atoms with E-state index in [-0.39, 0.29) is 24.0 Å². The zero-order chi connectivity index (χ0) is 19.8. The molecule has 1 aliphatic rings. The Hall–Kier alpha value is -1.68. The van der Waals surface area contributed by atoms with Gasteiger partial charge < -0.3 is 15.2 Å². The van der Waals surface area contributed by atoms with Gasteiger partial charge in [-0.2, -0.15) is 0 Å². The third-order valence-corrected chi connectivity index (χ3v) is 4.95. The number of piperidine rings is 1. The molecule has 2 aromatic rings. The Balaban J connectivity index is 0.00000300. The van der Waals surface area contributed by atoms with Crippen LogP contribution < -0.4 is 10.6 Å². The highest BCUT2D eigenvalue weighted by Gasteiger charge is 2.20. The van der Waals surface area contributed by atoms with Crippen LogP contribution in [0, 0.1) is 0 Å². The summed E-state index contributed by atoms with van der Waals surface area (Å²) in [5.41, 5.74) is 2.11. The lowest BCUT2D eigenvalue weighted by Crippen LogP contribution is -2.48. The molecule has 0 aliphatic carbocycles. The van der Waals surface area contributed by atoms with E-state index >= 15 is 0 Å². The van der Waals surface area contributed by atoms with Crippen LogP contribution in [0.1, 0.15) is 56.7 Å². The molecule has 0 aromatic carbocycles. The maximum absolute atomic E-state index is 5.39. The number of halogens is 1. The van der Waals surface area contributed by atoms with E-state index in [1.807, 2.05) is 18.3 Å². The molecule has 0 saturated carbocycles. The monoisotopic (exact) mass is 512 g/mol. The molecule has 8 heteroatoms. The van der Waals surface area contributed by atoms with Crippen molar-refractivity contribution in [1.29, 1.82) is 0 Å². The quantitative estimate of drug-likeness (QED) is 0.336. The zero-order valence-corrected chi connectivity index (χ0v) is 19.9. The Labute approximate surface area is 190 Å². The maximum Gasteiger partial charge on any atom is 0.191 e. The van der Waals surface area contributed by atoms with Crippen LogP contribution in [0.25, 0.3) is 0 Å². The fraction of sp³-hybridized carbons (Fsp3) is 0.571. The van der Waals surface area contributed by atoms with E-state index in [0.29, 0.717) is 18.5 Å². The van der Waals surface area contributed by atoms with E-state index < -0.39 is 0 Å². The average molecular weight is 512 g/mol. The Bertz CT molecular complexity index is 741. The van der Waals surface area contributed by atoms with Gasteiger partial charge in [0.05, 0.1) is 11.4 Å². The molecule has 0 atom stereocenters. The number of aromatic nitrogens is 2. The van der Waals surface area contributed by atoms with Gasteiger partial charge in [-0.3, -0.25) is 9.88 Å². The van der Waals surface area contributed by atoms with Crippen molar-refractivity contribution in [2.75, 3.05) is 19.6 Å². The van der Waals surface area contributed by atoms with Crippen molar-refractivity contribution in [3.05, 3.63) is 47.6 Å². The van der Waals surface area contributed by atoms with E-state index in [1.165, 1.54) is 0 Å². The minimum Gasteiger partial charge on any atom is -0.359 e. The van der Waals surface area contributed by atoms with Crippen LogP contribution in [0.5, 0.6) is 0 Å². The zero-order valence-electron chi connectivity index (χ0n) is 17.6. The normalized spacial score (nSPS) is 15.9. The van der Waals surface area contributed by atoms with Gasteiger partial charge >= 0.3 is 0 Å². The van der Waals surface area contributed by atoms with E-state index in [1.54, 1.807) is 0 Å². The summed E-state index contributed by atoms with van der Waals surface area (Å²) >= 11 is 0. The van der Waals surface area contributed by atoms with Gasteiger partial charge in [0, 0.05) is 44.5 Å². The second kappa shape index (κ2) is 12.1. The molecule has 29 heavy (non-hydrogen) atoms. The number of likely N-dealkylation sites (tertiary alicyclic amines) is 1. The Kier molecular flexibility index (Phi) is 9.86. The van der Waals surface area contributed by atoms with Gasteiger partial charge in [0.2, 0.25) is 0 Å². The standard InChI is InChI=1S/C21H32N6O.HI/c1-4-22-21(24-14-19-13-20(16(2)3)26-28-19)25-17-8-11-27(12-9-17)15-18-7-5-6-10-23-18;/h5-7,10,13,16-17H,4,8-9,11-12,14-15H2,1-3H3,(H2,22,24,25);1H. The van der Waals surface area contributed by atoms with Crippen molar-refractivity contribution in [2.24, 2.45) is 4.99 Å². The van der Waals surface area contributed by atoms with Crippen LogP contribution in [-0.2, 0) is 13.1 Å². The van der Waals surface area contributed by atoms with Crippen LogP contribution in [0.15, 0.2) is 40.0 Å². The highest BCUT2D eigenvalue weighted by Crippen LogP contribution is 2.15. The third kappa shape index (κ3) is 7.58. The lowest BCUT2D eigenvalue weighted by atomic mass is 10.0. The smallest absolute Gasteiger partial charge is 0.191 e. The number of nitrogens with zero attached hydrogens (tertiary/aromatic N) is 4. The summed E-state index contributed by atoms with van der Waals surface area (Å²) in [6.07, 6.45) is 4.05. The molecule has 2 N–H and O–H groups in total. The number of hydrogen-bond donors (Lipinski definition) is 2. The van der Waals surface area contributed by atoms with Crippen molar-refractivity contribution in [1.82, 2.24) is 25.7 Å². The SMILES string of the molecule is CCNC(=NCc1cc(C(C)C)no1)NC1CCN(Cc2ccccn2)CC1.I. The van der Waals surface area contributed by atoms with Crippen molar-refractivity contribution in [2.45, 2.75) is 58.7 Å². The summed E-state index contributed by atoms with van der Waals surface area (Å²) in [5, 5.41) is 11.0. The van der Waals surface area contributed by atoms with Crippen LogP contribution >= 0.6 is 24.0 Å². The first kappa shape index (κ1) is 23.6. The van der Waals surface area contributed by atoms with Crippen LogP contribution in [0.2, 0.25) is 0 Å². The highest BCUT2D eigenvalue weighted by molar-refractivity contribution is 14.0. The summed E-state index contributed by atoms with van der Waals surface area (Å²) in [4.78, 5) is 11.6. The number of pyridine rings is 1. The molecule has 0 unspecified atom stereocenters. The van der Waals surface area contributed by atoms with Gasteiger partial charge in [-0.25, -0.2) is 4.99 Å². The predicted octanol–water partition coefficient (Wildman–Crippen LogP) is 3.53. The summed E-state index contributed by atoms with van der Waals surface area (Å²) < 4.78 is 5.39. The second-order valence-corrected chi connectivity index (χ2v) is 7.58. The first-order valence-corrected chi connectivity index (χ1v) is 10.3. The Morgan fingerprint density at radius 1 is 1.31 bits per heavy atom. The van der Waals surface area contributed by atoms with Gasteiger partial charge in [-0.1, -0.05) is 25.1 Å². The van der Waals surface area contributed by atoms with Crippen LogP contribution in [0.3, 0.4) is 0 Å². The van der Waals surface area contributed by atoms with Crippen molar-refractivity contribution >= 4 is 29.9 Å². The first-order valence-electron chi connectivity index (χ1n) is 10.3.